The van der Waals surface area contributed by atoms with Crippen LogP contribution in [0.15, 0.2) is 221 Å². The first-order chi connectivity index (χ1) is 29.2. The van der Waals surface area contributed by atoms with E-state index >= 15 is 0 Å². The van der Waals surface area contributed by atoms with Crippen molar-refractivity contribution in [3.63, 3.8) is 0 Å². The fourth-order valence-electron chi connectivity index (χ4n) is 9.08. The van der Waals surface area contributed by atoms with Crippen molar-refractivity contribution in [2.45, 2.75) is 0 Å². The van der Waals surface area contributed by atoms with E-state index in [1.54, 1.807) is 0 Å². The molecule has 10 aromatic carbocycles. The molecule has 0 saturated heterocycles. The monoisotopic (exact) mass is 753 g/mol. The Balaban J connectivity index is 1.18. The first-order valence-electron chi connectivity index (χ1n) is 20.1. The maximum Gasteiger partial charge on any atom is 0.159 e. The molecule has 12 rings (SSSR count). The summed E-state index contributed by atoms with van der Waals surface area (Å²) < 4.78 is 13.5. The molecule has 0 bridgehead atoms. The van der Waals surface area contributed by atoms with Gasteiger partial charge < -0.3 is 13.7 Å². The van der Waals surface area contributed by atoms with Crippen LogP contribution in [0.5, 0.6) is 0 Å². The second kappa shape index (κ2) is 13.4. The lowest BCUT2D eigenvalue weighted by Crippen LogP contribution is -2.10. The highest BCUT2D eigenvalue weighted by atomic mass is 16.3. The largest absolute Gasteiger partial charge is 0.456 e. The minimum absolute atomic E-state index is 0.811. The highest BCUT2D eigenvalue weighted by Crippen LogP contribution is 2.49. The lowest BCUT2D eigenvalue weighted by molar-refractivity contribution is 0.663. The number of fused-ring (bicyclic) bond motifs is 10. The van der Waals surface area contributed by atoms with Crippen molar-refractivity contribution in [3.05, 3.63) is 212 Å². The molecular weight excluding hydrogens is 719 g/mol. The fourth-order valence-corrected chi connectivity index (χ4v) is 9.08. The average Bonchev–Trinajstić information content (AvgIpc) is 3.88. The first-order valence-corrected chi connectivity index (χ1v) is 20.1. The zero-order chi connectivity index (χ0) is 38.9. The molecule has 3 heteroatoms. The summed E-state index contributed by atoms with van der Waals surface area (Å²) in [5, 5.41) is 9.10. The number of anilines is 3. The van der Waals surface area contributed by atoms with Gasteiger partial charge in [-0.1, -0.05) is 152 Å². The van der Waals surface area contributed by atoms with Crippen LogP contribution in [0.4, 0.5) is 17.1 Å². The Kier molecular flexibility index (Phi) is 7.54. The Morgan fingerprint density at radius 1 is 0.305 bits per heavy atom. The van der Waals surface area contributed by atoms with Crippen LogP contribution in [0.25, 0.3) is 98.8 Å². The van der Waals surface area contributed by atoms with E-state index < -0.39 is 0 Å². The van der Waals surface area contributed by atoms with Gasteiger partial charge in [0.2, 0.25) is 0 Å². The third-order valence-corrected chi connectivity index (χ3v) is 11.8. The summed E-state index contributed by atoms with van der Waals surface area (Å²) in [5.74, 6) is 0. The van der Waals surface area contributed by atoms with Gasteiger partial charge in [-0.2, -0.15) is 0 Å². The summed E-state index contributed by atoms with van der Waals surface area (Å²) >= 11 is 0. The molecule has 0 aliphatic carbocycles. The maximum atomic E-state index is 7.09. The summed E-state index contributed by atoms with van der Waals surface area (Å²) in [4.78, 5) is 2.35. The predicted octanol–water partition coefficient (Wildman–Crippen LogP) is 16.3. The summed E-state index contributed by atoms with van der Waals surface area (Å²) in [6.07, 6.45) is 0. The molecule has 2 heterocycles. The lowest BCUT2D eigenvalue weighted by Gasteiger charge is -2.27. The fraction of sp³-hybridized carbons (Fsp3) is 0. The highest BCUT2D eigenvalue weighted by molar-refractivity contribution is 6.28. The molecule has 0 N–H and O–H groups in total. The van der Waals surface area contributed by atoms with E-state index in [0.717, 1.165) is 77.6 Å². The van der Waals surface area contributed by atoms with Gasteiger partial charge >= 0.3 is 0 Å². The molecule has 0 spiro atoms. The van der Waals surface area contributed by atoms with Crippen LogP contribution >= 0.6 is 0 Å². The number of furan rings is 2. The van der Waals surface area contributed by atoms with Gasteiger partial charge in [0, 0.05) is 32.9 Å². The number of hydrogen-bond acceptors (Lipinski definition) is 3. The Labute approximate surface area is 340 Å². The van der Waals surface area contributed by atoms with E-state index in [1.807, 2.05) is 18.2 Å². The maximum absolute atomic E-state index is 7.09. The predicted molar refractivity (Wildman–Crippen MR) is 247 cm³/mol. The normalized spacial score (nSPS) is 11.7. The molecule has 0 aliphatic rings. The molecule has 3 nitrogen and oxygen atoms in total. The molecule has 0 atom stereocenters. The minimum Gasteiger partial charge on any atom is -0.456 e. The van der Waals surface area contributed by atoms with Crippen LogP contribution < -0.4 is 4.90 Å². The van der Waals surface area contributed by atoms with Crippen molar-refractivity contribution < 1.29 is 8.83 Å². The molecule has 0 saturated carbocycles. The molecule has 276 valence electrons. The van der Waals surface area contributed by atoms with Gasteiger partial charge in [-0.3, -0.25) is 0 Å². The smallest absolute Gasteiger partial charge is 0.159 e. The Bertz CT molecular complexity index is 3440. The SMILES string of the molecule is c1ccc(-c2ccc(N(c3ccc(-c4ccccc4)cc3)c3cc(-c4cc5ccccc5c5ccccc45)cc4c3oc3ccc5oc6ccccc6c5c34)cc2)cc1. The zero-order valence-electron chi connectivity index (χ0n) is 32.0. The molecule has 0 radical (unpaired) electrons. The Morgan fingerprint density at radius 3 is 1.47 bits per heavy atom. The van der Waals surface area contributed by atoms with Crippen molar-refractivity contribution in [3.8, 4) is 33.4 Å². The standard InChI is InChI=1S/C56H35NO2/c1-3-13-36(14-4-1)38-23-27-42(28-24-38)57(43-29-25-39(26-30-43)37-15-5-2-6-16-37)50-35-41(48-33-40-17-7-8-18-44(40)45-19-9-10-20-46(45)48)34-49-55-53(59-56(49)50)32-31-52-54(55)47-21-11-12-22-51(47)58-52/h1-35H. The number of benzene rings is 10. The Morgan fingerprint density at radius 2 is 0.814 bits per heavy atom. The van der Waals surface area contributed by atoms with Crippen LogP contribution in [0, 0.1) is 0 Å². The summed E-state index contributed by atoms with van der Waals surface area (Å²) in [6, 6.07) is 75.7. The third kappa shape index (κ3) is 5.44. The molecule has 0 fully saturated rings. The van der Waals surface area contributed by atoms with Gasteiger partial charge in [0.05, 0.1) is 5.69 Å². The lowest BCUT2D eigenvalue weighted by atomic mass is 9.92. The number of para-hydroxylation sites is 1. The molecule has 12 aromatic rings. The van der Waals surface area contributed by atoms with Crippen molar-refractivity contribution in [2.75, 3.05) is 4.90 Å². The van der Waals surface area contributed by atoms with Gasteiger partial charge in [-0.15, -0.1) is 0 Å². The van der Waals surface area contributed by atoms with Gasteiger partial charge in [-0.25, -0.2) is 0 Å². The Hall–Kier alpha value is -7.88. The third-order valence-electron chi connectivity index (χ3n) is 11.8. The molecular formula is C56H35NO2. The summed E-state index contributed by atoms with van der Waals surface area (Å²) in [5.41, 5.74) is 13.3. The van der Waals surface area contributed by atoms with Crippen LogP contribution in [0.2, 0.25) is 0 Å². The van der Waals surface area contributed by atoms with E-state index in [-0.39, 0.29) is 0 Å². The summed E-state index contributed by atoms with van der Waals surface area (Å²) in [7, 11) is 0. The second-order valence-electron chi connectivity index (χ2n) is 15.2. The van der Waals surface area contributed by atoms with Gasteiger partial charge in [0.1, 0.15) is 16.7 Å². The number of nitrogens with zero attached hydrogens (tertiary/aromatic N) is 1. The van der Waals surface area contributed by atoms with E-state index in [0.29, 0.717) is 0 Å². The molecule has 0 amide bonds. The van der Waals surface area contributed by atoms with Crippen molar-refractivity contribution >= 4 is 82.5 Å². The van der Waals surface area contributed by atoms with Crippen LogP contribution in [-0.4, -0.2) is 0 Å². The van der Waals surface area contributed by atoms with Gasteiger partial charge in [-0.05, 0) is 116 Å². The number of rotatable bonds is 6. The molecule has 2 aromatic heterocycles. The summed E-state index contributed by atoms with van der Waals surface area (Å²) in [6.45, 7) is 0. The van der Waals surface area contributed by atoms with Crippen LogP contribution in [-0.2, 0) is 0 Å². The van der Waals surface area contributed by atoms with Crippen molar-refractivity contribution in [1.82, 2.24) is 0 Å². The van der Waals surface area contributed by atoms with Crippen LogP contribution in [0.1, 0.15) is 0 Å². The molecule has 0 aliphatic heterocycles. The van der Waals surface area contributed by atoms with E-state index in [4.69, 9.17) is 8.83 Å². The first kappa shape index (κ1) is 33.3. The van der Waals surface area contributed by atoms with E-state index in [1.165, 1.54) is 38.2 Å². The van der Waals surface area contributed by atoms with Gasteiger partial charge in [0.15, 0.2) is 5.58 Å². The van der Waals surface area contributed by atoms with Crippen LogP contribution in [0.3, 0.4) is 0 Å². The average molecular weight is 754 g/mol. The van der Waals surface area contributed by atoms with E-state index in [2.05, 4.69) is 199 Å². The van der Waals surface area contributed by atoms with Crippen molar-refractivity contribution in [2.24, 2.45) is 0 Å². The van der Waals surface area contributed by atoms with E-state index in [9.17, 15) is 0 Å². The quantitative estimate of drug-likeness (QED) is 0.158. The highest BCUT2D eigenvalue weighted by Gasteiger charge is 2.24. The molecule has 0 unspecified atom stereocenters. The second-order valence-corrected chi connectivity index (χ2v) is 15.2. The van der Waals surface area contributed by atoms with Gasteiger partial charge in [0.25, 0.3) is 0 Å². The van der Waals surface area contributed by atoms with Crippen molar-refractivity contribution in [1.29, 1.82) is 0 Å². The minimum atomic E-state index is 0.811. The molecule has 59 heavy (non-hydrogen) atoms. The zero-order valence-corrected chi connectivity index (χ0v) is 32.0. The number of hydrogen-bond donors (Lipinski definition) is 0. The topological polar surface area (TPSA) is 29.5 Å².